The molecule has 8 aromatic rings. The standard InChI is InChI=1S/C46H24O/c47-43-44(31-13-14-32(44)16-15-31)30-11-9-29(10-12-30)41-39-26-3-1-25(2-4-26)37(39)38-27-5-7-28(8-6-27)40(38)42(41)45(33-17-18-34(45)20-19-33)46(43)35-21-22-36(46)24-23-35/h1-24H. The molecule has 0 radical (unpaired) electrons. The number of benzene rings is 8. The molecule has 0 unspecified atom stereocenters. The number of fused-ring (bicyclic) bond motifs is 6. The van der Waals surface area contributed by atoms with Crippen molar-refractivity contribution in [2.45, 2.75) is 10.8 Å². The summed E-state index contributed by atoms with van der Waals surface area (Å²) in [4.78, 5) is 16.7. The Morgan fingerprint density at radius 2 is 0.787 bits per heavy atom. The average molecular weight is 593 g/mol. The van der Waals surface area contributed by atoms with Gasteiger partial charge in [-0.05, 0) is 98.8 Å². The maximum absolute atomic E-state index is 16.7. The number of hydrogen-bond donors (Lipinski definition) is 0. The molecule has 12 bridgehead atoms. The largest absolute Gasteiger partial charge is 0.296 e. The molecule has 0 heterocycles. The summed E-state index contributed by atoms with van der Waals surface area (Å²) in [5.74, 6) is 0.257. The van der Waals surface area contributed by atoms with Crippen molar-refractivity contribution in [1.29, 1.82) is 0 Å². The van der Waals surface area contributed by atoms with Gasteiger partial charge in [-0.15, -0.1) is 0 Å². The van der Waals surface area contributed by atoms with Crippen molar-refractivity contribution in [2.24, 2.45) is 5.41 Å². The van der Waals surface area contributed by atoms with Crippen molar-refractivity contribution < 1.29 is 4.79 Å². The van der Waals surface area contributed by atoms with Crippen molar-refractivity contribution >= 4 is 48.9 Å². The first-order valence-electron chi connectivity index (χ1n) is 16.6. The molecule has 214 valence electrons. The Balaban J connectivity index is 1.36. The van der Waals surface area contributed by atoms with Gasteiger partial charge in [-0.1, -0.05) is 146 Å². The molecule has 0 saturated heterocycles. The highest BCUT2D eigenvalue weighted by atomic mass is 16.1. The predicted molar refractivity (Wildman–Crippen MR) is 191 cm³/mol. The van der Waals surface area contributed by atoms with E-state index in [0.29, 0.717) is 0 Å². The van der Waals surface area contributed by atoms with E-state index in [4.69, 9.17) is 0 Å². The normalized spacial score (nSPS) is 22.3. The second-order valence-electron chi connectivity index (χ2n) is 14.3. The van der Waals surface area contributed by atoms with E-state index in [-0.39, 0.29) is 5.78 Å². The Morgan fingerprint density at radius 1 is 0.383 bits per heavy atom. The maximum Gasteiger partial charge on any atom is 0.168 e. The van der Waals surface area contributed by atoms with E-state index in [9.17, 15) is 0 Å². The molecule has 0 amide bonds. The van der Waals surface area contributed by atoms with Crippen molar-refractivity contribution in [3.05, 3.63) is 190 Å². The average Bonchev–Trinajstić information content (AvgIpc) is 4.00. The van der Waals surface area contributed by atoms with Gasteiger partial charge in [0.2, 0.25) is 0 Å². The molecule has 0 aliphatic heterocycles. The van der Waals surface area contributed by atoms with Crippen molar-refractivity contribution in [1.82, 2.24) is 0 Å². The van der Waals surface area contributed by atoms with Crippen LogP contribution in [0.2, 0.25) is 0 Å². The third kappa shape index (κ3) is 2.10. The zero-order valence-electron chi connectivity index (χ0n) is 25.3. The Bertz CT molecular complexity index is 2780. The number of Topliss-reactive ketones (excluding diaryl/α,β-unsaturated/α-hetero) is 1. The lowest BCUT2D eigenvalue weighted by Gasteiger charge is -2.52. The van der Waals surface area contributed by atoms with Crippen LogP contribution in [0.1, 0.15) is 11.1 Å². The molecule has 0 atom stereocenters. The number of ketones is 1. The molecule has 16 rings (SSSR count). The van der Waals surface area contributed by atoms with Crippen LogP contribution in [0.4, 0.5) is 0 Å². The summed E-state index contributed by atoms with van der Waals surface area (Å²) in [6.07, 6.45) is 26.9. The molecule has 1 nitrogen and oxygen atoms in total. The van der Waals surface area contributed by atoms with Gasteiger partial charge in [0.05, 0.1) is 10.8 Å². The molecule has 1 heteroatoms. The molecule has 3 spiro atoms. The van der Waals surface area contributed by atoms with Crippen LogP contribution in [0.3, 0.4) is 0 Å². The number of hydrogen-bond acceptors (Lipinski definition) is 1. The molecule has 8 aliphatic rings. The van der Waals surface area contributed by atoms with Crippen LogP contribution in [-0.2, 0) is 15.6 Å². The van der Waals surface area contributed by atoms with Gasteiger partial charge >= 0.3 is 0 Å². The molecule has 0 aromatic heterocycles. The predicted octanol–water partition coefficient (Wildman–Crippen LogP) is 10.2. The lowest BCUT2D eigenvalue weighted by atomic mass is 9.46. The van der Waals surface area contributed by atoms with Gasteiger partial charge in [0.25, 0.3) is 0 Å². The highest BCUT2D eigenvalue weighted by molar-refractivity contribution is 6.35. The quantitative estimate of drug-likeness (QED) is 0.160. The van der Waals surface area contributed by atoms with Crippen molar-refractivity contribution in [2.75, 3.05) is 0 Å². The summed E-state index contributed by atoms with van der Waals surface area (Å²) >= 11 is 0. The molecule has 8 aliphatic carbocycles. The van der Waals surface area contributed by atoms with Crippen LogP contribution in [0.25, 0.3) is 54.2 Å². The van der Waals surface area contributed by atoms with Crippen LogP contribution >= 0.6 is 0 Å². The lowest BCUT2D eigenvalue weighted by Crippen LogP contribution is -2.57. The topological polar surface area (TPSA) is 17.1 Å². The van der Waals surface area contributed by atoms with Crippen LogP contribution in [0.15, 0.2) is 179 Å². The van der Waals surface area contributed by atoms with Crippen LogP contribution in [0.5, 0.6) is 0 Å². The van der Waals surface area contributed by atoms with E-state index in [0.717, 1.165) is 27.9 Å². The Morgan fingerprint density at radius 3 is 1.28 bits per heavy atom. The van der Waals surface area contributed by atoms with Gasteiger partial charge in [0.15, 0.2) is 5.78 Å². The summed E-state index contributed by atoms with van der Waals surface area (Å²) in [5, 5.41) is 10.2. The van der Waals surface area contributed by atoms with Gasteiger partial charge in [-0.2, -0.15) is 0 Å². The van der Waals surface area contributed by atoms with E-state index < -0.39 is 16.2 Å². The van der Waals surface area contributed by atoms with Gasteiger partial charge in [-0.25, -0.2) is 0 Å². The fourth-order valence-corrected chi connectivity index (χ4v) is 11.3. The lowest BCUT2D eigenvalue weighted by molar-refractivity contribution is -0.129. The fraction of sp³-hybridized carbons (Fsp3) is 0.0652. The summed E-state index contributed by atoms with van der Waals surface area (Å²) in [5.41, 5.74) is 9.02. The zero-order chi connectivity index (χ0) is 30.4. The second-order valence-corrected chi connectivity index (χ2v) is 14.3. The van der Waals surface area contributed by atoms with Gasteiger partial charge in [0.1, 0.15) is 5.41 Å². The first kappa shape index (κ1) is 23.5. The Hall–Kier alpha value is -5.79. The minimum Gasteiger partial charge on any atom is -0.296 e. The summed E-state index contributed by atoms with van der Waals surface area (Å²) in [6, 6.07) is 27.4. The molecule has 47 heavy (non-hydrogen) atoms. The molecular formula is C46H24O. The minimum absolute atomic E-state index is 0.257. The van der Waals surface area contributed by atoms with E-state index in [1.54, 1.807) is 0 Å². The van der Waals surface area contributed by atoms with E-state index in [1.165, 1.54) is 70.9 Å². The van der Waals surface area contributed by atoms with Gasteiger partial charge in [-0.3, -0.25) is 4.79 Å². The van der Waals surface area contributed by atoms with Crippen LogP contribution in [0, 0.1) is 5.41 Å². The number of rotatable bonds is 0. The minimum atomic E-state index is -0.949. The molecule has 0 N–H and O–H groups in total. The summed E-state index contributed by atoms with van der Waals surface area (Å²) < 4.78 is 0. The van der Waals surface area contributed by atoms with Crippen molar-refractivity contribution in [3.63, 3.8) is 0 Å². The first-order valence-corrected chi connectivity index (χ1v) is 16.6. The molecule has 0 saturated carbocycles. The van der Waals surface area contributed by atoms with E-state index in [2.05, 4.69) is 146 Å². The second kappa shape index (κ2) is 7.12. The van der Waals surface area contributed by atoms with E-state index >= 15 is 4.79 Å². The van der Waals surface area contributed by atoms with E-state index in [1.807, 2.05) is 0 Å². The number of carbonyl (C=O) groups excluding carboxylic acids is 1. The molecule has 8 aromatic carbocycles. The highest BCUT2D eigenvalue weighted by Gasteiger charge is 2.72. The highest BCUT2D eigenvalue weighted by Crippen LogP contribution is 2.73. The SMILES string of the molecule is O=C1C2(C3=CC=C2C=C3)c2ccc(cc2)-c2c(c3c4ccc(cc4)c3c3c4ccc(cc4)c23)C2(C3=CC=C2C=C3)C12C1=CC=C2C=C1. The Labute approximate surface area is 270 Å². The summed E-state index contributed by atoms with van der Waals surface area (Å²) in [6.45, 7) is 0. The van der Waals surface area contributed by atoms with Crippen molar-refractivity contribution in [3.8, 4) is 11.1 Å². The smallest absolute Gasteiger partial charge is 0.168 e. The number of carbonyl (C=O) groups is 1. The van der Waals surface area contributed by atoms with Gasteiger partial charge < -0.3 is 0 Å². The van der Waals surface area contributed by atoms with Gasteiger partial charge in [0, 0.05) is 0 Å². The molecule has 0 fully saturated rings. The third-order valence-electron chi connectivity index (χ3n) is 12.9. The molecular weight excluding hydrogens is 569 g/mol. The Kier molecular flexibility index (Phi) is 3.56. The third-order valence-corrected chi connectivity index (χ3v) is 12.9. The fourth-order valence-electron chi connectivity index (χ4n) is 11.3. The number of allylic oxidation sites excluding steroid dienone is 18. The monoisotopic (exact) mass is 592 g/mol. The maximum atomic E-state index is 16.7. The van der Waals surface area contributed by atoms with Crippen LogP contribution < -0.4 is 0 Å². The summed E-state index contributed by atoms with van der Waals surface area (Å²) in [7, 11) is 0. The first-order chi connectivity index (χ1) is 23.2. The van der Waals surface area contributed by atoms with Crippen LogP contribution in [-0.4, -0.2) is 5.78 Å². The zero-order valence-corrected chi connectivity index (χ0v) is 25.3.